The molecule has 2 aromatic rings. The third-order valence-corrected chi connectivity index (χ3v) is 4.89. The number of carbonyl (C=O) groups excluding carboxylic acids is 2. The molecular formula is C16H16N2O4S. The maximum atomic E-state index is 12.1. The molecule has 3 rings (SSSR count). The minimum atomic E-state index is -0.454. The van der Waals surface area contributed by atoms with Crippen LogP contribution in [0.2, 0.25) is 0 Å². The van der Waals surface area contributed by atoms with Gasteiger partial charge in [-0.25, -0.2) is 9.78 Å². The predicted octanol–water partition coefficient (Wildman–Crippen LogP) is 2.76. The molecular weight excluding hydrogens is 316 g/mol. The number of hydrogen-bond acceptors (Lipinski definition) is 6. The van der Waals surface area contributed by atoms with E-state index in [4.69, 9.17) is 9.47 Å². The first kappa shape index (κ1) is 15.6. The lowest BCUT2D eigenvalue weighted by Crippen LogP contribution is -2.15. The Morgan fingerprint density at radius 3 is 2.87 bits per heavy atom. The molecule has 1 atom stereocenters. The van der Waals surface area contributed by atoms with Crippen molar-refractivity contribution in [2.24, 2.45) is 0 Å². The average molecular weight is 332 g/mol. The Kier molecular flexibility index (Phi) is 4.38. The Labute approximate surface area is 137 Å². The van der Waals surface area contributed by atoms with E-state index < -0.39 is 5.97 Å². The second-order valence-corrected chi connectivity index (χ2v) is 6.13. The summed E-state index contributed by atoms with van der Waals surface area (Å²) in [5, 5.41) is 0.562. The van der Waals surface area contributed by atoms with Gasteiger partial charge in [0.15, 0.2) is 5.69 Å². The molecule has 1 aliphatic heterocycles. The summed E-state index contributed by atoms with van der Waals surface area (Å²) >= 11 is 1.43. The number of fused-ring (bicyclic) bond motifs is 3. The highest BCUT2D eigenvalue weighted by Gasteiger charge is 2.32. The lowest BCUT2D eigenvalue weighted by atomic mass is 10.1. The van der Waals surface area contributed by atoms with Crippen LogP contribution in [0.25, 0.3) is 5.69 Å². The number of aromatic nitrogens is 2. The van der Waals surface area contributed by atoms with Gasteiger partial charge in [-0.05, 0) is 18.6 Å². The summed E-state index contributed by atoms with van der Waals surface area (Å²) < 4.78 is 11.7. The van der Waals surface area contributed by atoms with Crippen LogP contribution in [0.15, 0.2) is 35.6 Å². The maximum absolute atomic E-state index is 12.1. The molecule has 23 heavy (non-hydrogen) atoms. The summed E-state index contributed by atoms with van der Waals surface area (Å²) in [4.78, 5) is 28.0. The van der Waals surface area contributed by atoms with Gasteiger partial charge in [-0.1, -0.05) is 30.0 Å². The zero-order valence-corrected chi connectivity index (χ0v) is 13.6. The Balaban J connectivity index is 2.04. The molecule has 0 fully saturated rings. The van der Waals surface area contributed by atoms with E-state index in [-0.39, 0.29) is 29.9 Å². The first-order valence-electron chi connectivity index (χ1n) is 7.23. The summed E-state index contributed by atoms with van der Waals surface area (Å²) in [5.41, 5.74) is 2.21. The van der Waals surface area contributed by atoms with Crippen LogP contribution in [0.5, 0.6) is 0 Å². The van der Waals surface area contributed by atoms with E-state index >= 15 is 0 Å². The summed E-state index contributed by atoms with van der Waals surface area (Å²) in [6.07, 6.45) is 1.84. The topological polar surface area (TPSA) is 70.4 Å². The highest BCUT2D eigenvalue weighted by Crippen LogP contribution is 2.46. The van der Waals surface area contributed by atoms with Crippen LogP contribution in [0.1, 0.15) is 34.6 Å². The lowest BCUT2D eigenvalue weighted by Gasteiger charge is -2.26. The van der Waals surface area contributed by atoms with Crippen molar-refractivity contribution in [1.82, 2.24) is 9.55 Å². The van der Waals surface area contributed by atoms with Crippen LogP contribution < -0.4 is 0 Å². The number of para-hydroxylation sites is 1. The van der Waals surface area contributed by atoms with Crippen LogP contribution in [0.4, 0.5) is 0 Å². The van der Waals surface area contributed by atoms with Gasteiger partial charge in [-0.15, -0.1) is 0 Å². The molecule has 1 aliphatic rings. The van der Waals surface area contributed by atoms with Gasteiger partial charge in [0.2, 0.25) is 0 Å². The van der Waals surface area contributed by atoms with Gasteiger partial charge < -0.3 is 9.47 Å². The molecule has 0 radical (unpaired) electrons. The number of ether oxygens (including phenoxy) is 2. The summed E-state index contributed by atoms with van der Waals surface area (Å²) in [6, 6.07) is 7.76. The fraction of sp³-hybridized carbons (Fsp3) is 0.312. The third-order valence-electron chi connectivity index (χ3n) is 3.57. The molecule has 1 unspecified atom stereocenters. The van der Waals surface area contributed by atoms with Gasteiger partial charge in [-0.3, -0.25) is 9.36 Å². The first-order chi connectivity index (χ1) is 11.2. The highest BCUT2D eigenvalue weighted by molar-refractivity contribution is 7.99. The van der Waals surface area contributed by atoms with Crippen molar-refractivity contribution in [3.63, 3.8) is 0 Å². The number of carbonyl (C=O) groups is 2. The van der Waals surface area contributed by atoms with Crippen molar-refractivity contribution in [2.75, 3.05) is 13.7 Å². The monoisotopic (exact) mass is 332 g/mol. The Morgan fingerprint density at radius 2 is 2.13 bits per heavy atom. The van der Waals surface area contributed by atoms with E-state index in [0.717, 1.165) is 11.3 Å². The van der Waals surface area contributed by atoms with Gasteiger partial charge in [0.1, 0.15) is 11.4 Å². The predicted molar refractivity (Wildman–Crippen MR) is 84.8 cm³/mol. The molecule has 7 heteroatoms. The van der Waals surface area contributed by atoms with Crippen LogP contribution in [0.3, 0.4) is 0 Å². The zero-order chi connectivity index (χ0) is 16.4. The van der Waals surface area contributed by atoms with Crippen LogP contribution in [0, 0.1) is 0 Å². The zero-order valence-electron chi connectivity index (χ0n) is 12.8. The molecule has 0 N–H and O–H groups in total. The molecule has 1 aromatic heterocycles. The van der Waals surface area contributed by atoms with E-state index in [9.17, 15) is 9.59 Å². The summed E-state index contributed by atoms with van der Waals surface area (Å²) in [5.74, 6) is -0.743. The smallest absolute Gasteiger partial charge is 0.359 e. The Hall–Kier alpha value is -2.28. The molecule has 0 aliphatic carbocycles. The molecule has 1 aromatic carbocycles. The number of methoxy groups -OCH3 is 1. The van der Waals surface area contributed by atoms with Gasteiger partial charge in [-0.2, -0.15) is 0 Å². The molecule has 0 bridgehead atoms. The van der Waals surface area contributed by atoms with E-state index in [1.54, 1.807) is 13.3 Å². The number of benzene rings is 1. The first-order valence-corrected chi connectivity index (χ1v) is 8.11. The van der Waals surface area contributed by atoms with Crippen molar-refractivity contribution in [1.29, 1.82) is 0 Å². The minimum absolute atomic E-state index is 0.129. The number of nitrogens with zero attached hydrogens (tertiary/aromatic N) is 2. The molecule has 120 valence electrons. The standard InChI is InChI=1S/C16H16N2O4S/c1-3-22-16(20)14-15-18(9-17-14)11-7-5-4-6-10(11)12(23-15)8-13(19)21-2/h4-7,9,12H,3,8H2,1-2H3. The molecule has 0 spiro atoms. The Morgan fingerprint density at radius 1 is 1.35 bits per heavy atom. The SMILES string of the molecule is CCOC(=O)c1ncn2c1SC(CC(=O)OC)c1ccccc1-2. The number of thioether (sulfide) groups is 1. The van der Waals surface area contributed by atoms with E-state index in [0.29, 0.717) is 5.03 Å². The maximum Gasteiger partial charge on any atom is 0.359 e. The third kappa shape index (κ3) is 2.84. The summed E-state index contributed by atoms with van der Waals surface area (Å²) in [7, 11) is 1.37. The van der Waals surface area contributed by atoms with E-state index in [2.05, 4.69) is 4.98 Å². The molecule has 0 amide bonds. The van der Waals surface area contributed by atoms with Crippen LogP contribution in [-0.2, 0) is 14.3 Å². The van der Waals surface area contributed by atoms with Crippen molar-refractivity contribution >= 4 is 23.7 Å². The number of esters is 2. The van der Waals surface area contributed by atoms with Crippen LogP contribution in [-0.4, -0.2) is 35.2 Å². The molecule has 2 heterocycles. The Bertz CT molecular complexity index is 756. The van der Waals surface area contributed by atoms with E-state index in [1.165, 1.54) is 18.9 Å². The van der Waals surface area contributed by atoms with Gasteiger partial charge >= 0.3 is 11.9 Å². The van der Waals surface area contributed by atoms with E-state index in [1.807, 2.05) is 28.8 Å². The van der Waals surface area contributed by atoms with Crippen molar-refractivity contribution in [2.45, 2.75) is 23.6 Å². The van der Waals surface area contributed by atoms with Gasteiger partial charge in [0.25, 0.3) is 0 Å². The molecule has 6 nitrogen and oxygen atoms in total. The second kappa shape index (κ2) is 6.45. The molecule has 0 saturated carbocycles. The summed E-state index contributed by atoms with van der Waals surface area (Å²) in [6.45, 7) is 2.04. The average Bonchev–Trinajstić information content (AvgIpc) is 2.99. The quantitative estimate of drug-likeness (QED) is 0.802. The number of rotatable bonds is 4. The number of imidazole rings is 1. The van der Waals surface area contributed by atoms with Gasteiger partial charge in [0.05, 0.1) is 25.8 Å². The van der Waals surface area contributed by atoms with Crippen LogP contribution >= 0.6 is 11.8 Å². The largest absolute Gasteiger partial charge is 0.469 e. The fourth-order valence-corrected chi connectivity index (χ4v) is 3.85. The normalized spacial score (nSPS) is 15.5. The highest BCUT2D eigenvalue weighted by atomic mass is 32.2. The van der Waals surface area contributed by atoms with Gasteiger partial charge in [0, 0.05) is 5.25 Å². The fourth-order valence-electron chi connectivity index (χ4n) is 2.52. The van der Waals surface area contributed by atoms with Crippen molar-refractivity contribution in [3.05, 3.63) is 41.9 Å². The number of hydrogen-bond donors (Lipinski definition) is 0. The van der Waals surface area contributed by atoms with Crippen molar-refractivity contribution in [3.8, 4) is 5.69 Å². The lowest BCUT2D eigenvalue weighted by molar-refractivity contribution is -0.140. The minimum Gasteiger partial charge on any atom is -0.469 e. The molecule has 0 saturated heterocycles. The second-order valence-electron chi connectivity index (χ2n) is 4.93. The van der Waals surface area contributed by atoms with Crippen molar-refractivity contribution < 1.29 is 19.1 Å².